The maximum absolute atomic E-state index is 12.6. The van der Waals surface area contributed by atoms with Crippen molar-refractivity contribution in [3.63, 3.8) is 0 Å². The van der Waals surface area contributed by atoms with Crippen LogP contribution in [-0.4, -0.2) is 25.6 Å². The molecule has 1 aromatic carbocycles. The number of nitrogens with one attached hydrogen (secondary N) is 1. The highest BCUT2D eigenvalue weighted by Crippen LogP contribution is 2.29. The lowest BCUT2D eigenvalue weighted by atomic mass is 10.2. The van der Waals surface area contributed by atoms with E-state index in [1.54, 1.807) is 41.1 Å². The molecule has 4 rings (SSSR count). The molecular weight excluding hydrogens is 456 g/mol. The van der Waals surface area contributed by atoms with E-state index in [0.717, 1.165) is 11.3 Å². The highest BCUT2D eigenvalue weighted by molar-refractivity contribution is 7.18. The number of nitro groups is 1. The second-order valence-corrected chi connectivity index (χ2v) is 7.59. The highest BCUT2D eigenvalue weighted by Gasteiger charge is 2.17. The van der Waals surface area contributed by atoms with Crippen molar-refractivity contribution in [3.05, 3.63) is 81.3 Å². The average molecular weight is 467 g/mol. The molecule has 0 saturated carbocycles. The molecule has 158 valence electrons. The van der Waals surface area contributed by atoms with Crippen LogP contribution in [0.4, 0.5) is 10.8 Å². The Bertz CT molecular complexity index is 1380. The maximum atomic E-state index is 12.6. The molecule has 3 aromatic heterocycles. The molecule has 0 atom stereocenters. The van der Waals surface area contributed by atoms with Gasteiger partial charge in [-0.3, -0.25) is 20.2 Å². The molecular formula is C20H11ClN6O4S. The predicted octanol–water partition coefficient (Wildman–Crippen LogP) is 4.70. The Morgan fingerprint density at radius 1 is 1.31 bits per heavy atom. The number of nitriles is 1. The fraction of sp³-hybridized carbons (Fsp3) is 0. The molecule has 1 amide bonds. The van der Waals surface area contributed by atoms with Crippen LogP contribution in [-0.2, 0) is 4.79 Å². The molecule has 12 heteroatoms. The Hall–Kier alpha value is -4.27. The third-order valence-electron chi connectivity index (χ3n) is 4.22. The van der Waals surface area contributed by atoms with Gasteiger partial charge in [-0.1, -0.05) is 22.9 Å². The van der Waals surface area contributed by atoms with Crippen LogP contribution in [0.5, 0.6) is 0 Å². The van der Waals surface area contributed by atoms with Crippen LogP contribution >= 0.6 is 22.9 Å². The van der Waals surface area contributed by atoms with Crippen molar-refractivity contribution in [2.75, 3.05) is 5.32 Å². The Balaban J connectivity index is 1.59. The zero-order valence-electron chi connectivity index (χ0n) is 15.9. The van der Waals surface area contributed by atoms with Crippen molar-refractivity contribution in [2.24, 2.45) is 0 Å². The van der Waals surface area contributed by atoms with Crippen molar-refractivity contribution in [1.82, 2.24) is 14.8 Å². The number of hydrogen-bond donors (Lipinski definition) is 1. The Morgan fingerprint density at radius 3 is 2.88 bits per heavy atom. The second kappa shape index (κ2) is 8.84. The van der Waals surface area contributed by atoms with E-state index in [2.05, 4.69) is 15.5 Å². The molecule has 0 aliphatic heterocycles. The van der Waals surface area contributed by atoms with Gasteiger partial charge in [0, 0.05) is 18.0 Å². The number of amides is 1. The number of nitro benzene ring substituents is 1. The summed E-state index contributed by atoms with van der Waals surface area (Å²) in [5.41, 5.74) is 0.460. The van der Waals surface area contributed by atoms with Crippen LogP contribution in [0.1, 0.15) is 5.69 Å². The number of furan rings is 1. The molecule has 0 radical (unpaired) electrons. The fourth-order valence-electron chi connectivity index (χ4n) is 2.77. The smallest absolute Gasteiger partial charge is 0.289 e. The van der Waals surface area contributed by atoms with E-state index in [-0.39, 0.29) is 21.4 Å². The molecule has 4 aromatic rings. The van der Waals surface area contributed by atoms with Gasteiger partial charge < -0.3 is 8.98 Å². The van der Waals surface area contributed by atoms with Gasteiger partial charge in [0.2, 0.25) is 5.13 Å². The number of halogens is 1. The summed E-state index contributed by atoms with van der Waals surface area (Å²) in [6, 6.07) is 12.9. The van der Waals surface area contributed by atoms with Gasteiger partial charge in [-0.15, -0.1) is 10.2 Å². The van der Waals surface area contributed by atoms with Crippen molar-refractivity contribution in [2.45, 2.75) is 0 Å². The van der Waals surface area contributed by atoms with Gasteiger partial charge in [-0.05, 0) is 42.5 Å². The molecule has 10 nitrogen and oxygen atoms in total. The van der Waals surface area contributed by atoms with Crippen LogP contribution in [0.15, 0.2) is 64.9 Å². The Morgan fingerprint density at radius 2 is 2.16 bits per heavy atom. The first kappa shape index (κ1) is 21.0. The molecule has 0 saturated heterocycles. The fourth-order valence-corrected chi connectivity index (χ4v) is 3.67. The lowest BCUT2D eigenvalue weighted by molar-refractivity contribution is -0.384. The van der Waals surface area contributed by atoms with E-state index in [0.29, 0.717) is 22.1 Å². The van der Waals surface area contributed by atoms with Crippen molar-refractivity contribution >= 4 is 45.7 Å². The van der Waals surface area contributed by atoms with Crippen molar-refractivity contribution in [3.8, 4) is 22.5 Å². The second-order valence-electron chi connectivity index (χ2n) is 6.21. The Kier molecular flexibility index (Phi) is 5.80. The summed E-state index contributed by atoms with van der Waals surface area (Å²) < 4.78 is 6.83. The van der Waals surface area contributed by atoms with Crippen molar-refractivity contribution in [1.29, 1.82) is 5.26 Å². The van der Waals surface area contributed by atoms with E-state index >= 15 is 0 Å². The number of rotatable bonds is 6. The summed E-state index contributed by atoms with van der Waals surface area (Å²) in [6.45, 7) is 0. The molecule has 0 spiro atoms. The Labute approximate surface area is 189 Å². The molecule has 3 heterocycles. The molecule has 0 unspecified atom stereocenters. The van der Waals surface area contributed by atoms with E-state index in [1.165, 1.54) is 24.5 Å². The lowest BCUT2D eigenvalue weighted by Gasteiger charge is -2.08. The number of nitrogens with zero attached hydrogens (tertiary/aromatic N) is 5. The summed E-state index contributed by atoms with van der Waals surface area (Å²) in [5.74, 6) is -0.168. The number of hydrogen-bond acceptors (Lipinski definition) is 8. The summed E-state index contributed by atoms with van der Waals surface area (Å²) in [4.78, 5) is 23.2. The third-order valence-corrected chi connectivity index (χ3v) is 5.39. The molecule has 1 N–H and O–H groups in total. The van der Waals surface area contributed by atoms with Crippen molar-refractivity contribution < 1.29 is 14.1 Å². The van der Waals surface area contributed by atoms with E-state index < -0.39 is 10.8 Å². The summed E-state index contributed by atoms with van der Waals surface area (Å²) >= 11 is 6.97. The van der Waals surface area contributed by atoms with Crippen LogP contribution in [0.3, 0.4) is 0 Å². The van der Waals surface area contributed by atoms with Gasteiger partial charge >= 0.3 is 0 Å². The number of carbonyl (C=O) groups excluding carboxylic acids is 1. The maximum Gasteiger partial charge on any atom is 0.289 e. The van der Waals surface area contributed by atoms with E-state index in [9.17, 15) is 20.2 Å². The zero-order chi connectivity index (χ0) is 22.7. The summed E-state index contributed by atoms with van der Waals surface area (Å²) in [6.07, 6.45) is 4.51. The van der Waals surface area contributed by atoms with Gasteiger partial charge in [-0.25, -0.2) is 0 Å². The summed E-state index contributed by atoms with van der Waals surface area (Å²) in [5, 5.41) is 31.7. The SMILES string of the molecule is N#C/C(=C/c1cccn1-c1ccc(Cl)c([N+](=O)[O-])c1)C(=O)Nc1nnc(-c2ccco2)s1. The lowest BCUT2D eigenvalue weighted by Crippen LogP contribution is -2.13. The van der Waals surface area contributed by atoms with Gasteiger partial charge in [0.05, 0.1) is 16.9 Å². The number of anilines is 1. The normalized spacial score (nSPS) is 11.2. The minimum absolute atomic E-state index is 0.00562. The van der Waals surface area contributed by atoms with Gasteiger partial charge in [0.15, 0.2) is 10.8 Å². The molecule has 32 heavy (non-hydrogen) atoms. The third kappa shape index (κ3) is 4.27. The molecule has 0 aliphatic carbocycles. The quantitative estimate of drug-likeness (QED) is 0.188. The standard InChI is InChI=1S/C20H11ClN6O4S/c21-15-6-5-14(10-16(15)27(29)30)26-7-1-3-13(26)9-12(11-22)18(28)23-20-25-24-19(32-20)17-4-2-8-31-17/h1-10H,(H,23,25,28)/b12-9-. The average Bonchev–Trinajstić information content (AvgIpc) is 3.53. The zero-order valence-corrected chi connectivity index (χ0v) is 17.5. The van der Waals surface area contributed by atoms with Gasteiger partial charge in [0.1, 0.15) is 16.7 Å². The largest absolute Gasteiger partial charge is 0.462 e. The van der Waals surface area contributed by atoms with Crippen LogP contribution in [0, 0.1) is 21.4 Å². The summed E-state index contributed by atoms with van der Waals surface area (Å²) in [7, 11) is 0. The van der Waals surface area contributed by atoms with Gasteiger partial charge in [-0.2, -0.15) is 5.26 Å². The van der Waals surface area contributed by atoms with Crippen LogP contribution < -0.4 is 5.32 Å². The van der Waals surface area contributed by atoms with E-state index in [4.69, 9.17) is 16.0 Å². The number of aromatic nitrogens is 3. The first-order valence-electron chi connectivity index (χ1n) is 8.88. The number of carbonyl (C=O) groups is 1. The highest BCUT2D eigenvalue weighted by atomic mass is 35.5. The van der Waals surface area contributed by atoms with Crippen LogP contribution in [0.25, 0.3) is 22.5 Å². The molecule has 0 bridgehead atoms. The first-order valence-corrected chi connectivity index (χ1v) is 10.1. The van der Waals surface area contributed by atoms with E-state index in [1.807, 2.05) is 6.07 Å². The van der Waals surface area contributed by atoms with Gasteiger partial charge in [0.25, 0.3) is 11.6 Å². The monoisotopic (exact) mass is 466 g/mol. The minimum Gasteiger partial charge on any atom is -0.462 e. The molecule has 0 fully saturated rings. The minimum atomic E-state index is -0.676. The molecule has 0 aliphatic rings. The first-order chi connectivity index (χ1) is 15.5. The predicted molar refractivity (Wildman–Crippen MR) is 117 cm³/mol. The van der Waals surface area contributed by atoms with Crippen LogP contribution in [0.2, 0.25) is 5.02 Å². The number of benzene rings is 1. The topological polar surface area (TPSA) is 140 Å².